The third-order valence-electron chi connectivity index (χ3n) is 4.35. The number of carbonyl (C=O) groups excluding carboxylic acids is 1. The van der Waals surface area contributed by atoms with Gasteiger partial charge in [0.05, 0.1) is 5.56 Å². The minimum absolute atomic E-state index is 0.352. The Kier molecular flexibility index (Phi) is 5.41. The number of nitrogens with zero attached hydrogens (tertiary/aromatic N) is 2. The van der Waals surface area contributed by atoms with E-state index < -0.39 is 29.3 Å². The van der Waals surface area contributed by atoms with E-state index in [-0.39, 0.29) is 0 Å². The molecule has 0 fully saturated rings. The van der Waals surface area contributed by atoms with Crippen molar-refractivity contribution >= 4 is 49.8 Å². The number of hydrogen-bond donors (Lipinski definition) is 2. The molecule has 6 nitrogen and oxygen atoms in total. The van der Waals surface area contributed by atoms with Crippen LogP contribution in [-0.2, 0) is 6.18 Å². The fourth-order valence-electron chi connectivity index (χ4n) is 2.89. The van der Waals surface area contributed by atoms with Crippen LogP contribution in [0.5, 0.6) is 0 Å². The monoisotopic (exact) mass is 490 g/mol. The summed E-state index contributed by atoms with van der Waals surface area (Å²) in [5.74, 6) is -0.985. The number of rotatable bonds is 3. The van der Waals surface area contributed by atoms with E-state index >= 15 is 0 Å². The van der Waals surface area contributed by atoms with Crippen molar-refractivity contribution in [1.82, 2.24) is 9.97 Å². The van der Waals surface area contributed by atoms with Crippen molar-refractivity contribution in [1.29, 1.82) is 0 Å². The van der Waals surface area contributed by atoms with Crippen molar-refractivity contribution in [2.75, 3.05) is 10.6 Å². The van der Waals surface area contributed by atoms with Gasteiger partial charge in [0.1, 0.15) is 0 Å². The Morgan fingerprint density at radius 2 is 1.77 bits per heavy atom. The van der Waals surface area contributed by atoms with Crippen molar-refractivity contribution < 1.29 is 26.8 Å². The number of alkyl halides is 3. The maximum atomic E-state index is 13.8. The predicted molar refractivity (Wildman–Crippen MR) is 107 cm³/mol. The third kappa shape index (κ3) is 4.39. The van der Waals surface area contributed by atoms with E-state index in [2.05, 4.69) is 37.5 Å². The molecule has 0 aliphatic carbocycles. The molecule has 11 heteroatoms. The predicted octanol–water partition coefficient (Wildman–Crippen LogP) is 4.49. The van der Waals surface area contributed by atoms with Gasteiger partial charge in [-0.25, -0.2) is 4.39 Å². The van der Waals surface area contributed by atoms with Gasteiger partial charge in [0.25, 0.3) is 0 Å². The zero-order valence-corrected chi connectivity index (χ0v) is 17.2. The molecule has 0 spiro atoms. The third-order valence-corrected chi connectivity index (χ3v) is 5.06. The van der Waals surface area contributed by atoms with Gasteiger partial charge in [-0.15, -0.1) is 0 Å². The van der Waals surface area contributed by atoms with Gasteiger partial charge in [0.15, 0.2) is 0 Å². The number of hydrogen-bond acceptors (Lipinski definition) is 4. The number of benzene rings is 2. The first-order valence-electron chi connectivity index (χ1n) is 8.69. The second kappa shape index (κ2) is 8.03. The fourth-order valence-corrected chi connectivity index (χ4v) is 3.45. The summed E-state index contributed by atoms with van der Waals surface area (Å²) in [5, 5.41) is 5.27. The van der Waals surface area contributed by atoms with Crippen LogP contribution in [0.15, 0.2) is 59.5 Å². The molecule has 2 aromatic carbocycles. The molecular formula is C20H11AsF4N4O2. The zero-order chi connectivity index (χ0) is 22.2. The number of halogens is 4. The first-order chi connectivity index (χ1) is 14.7. The number of anilines is 2. The Labute approximate surface area is 181 Å². The summed E-state index contributed by atoms with van der Waals surface area (Å²) in [6.45, 7) is 0. The number of furan rings is 1. The Bertz CT molecular complexity index is 1270. The molecule has 2 aromatic heterocycles. The van der Waals surface area contributed by atoms with Crippen LogP contribution in [0.2, 0.25) is 0 Å². The Morgan fingerprint density at radius 1 is 1.03 bits per heavy atom. The minimum Gasteiger partial charge on any atom is -0.205 e. The molecule has 0 saturated heterocycles. The van der Waals surface area contributed by atoms with Crippen molar-refractivity contribution in [2.45, 2.75) is 6.18 Å². The molecule has 4 aromatic rings. The number of amides is 2. The first-order valence-corrected chi connectivity index (χ1v) is 9.62. The summed E-state index contributed by atoms with van der Waals surface area (Å²) in [4.78, 5) is 20.3. The van der Waals surface area contributed by atoms with Gasteiger partial charge in [-0.05, 0) is 12.1 Å². The molecule has 0 aliphatic rings. The maximum absolute atomic E-state index is 13.8. The van der Waals surface area contributed by atoms with Crippen molar-refractivity contribution in [3.05, 3.63) is 66.4 Å². The van der Waals surface area contributed by atoms with Gasteiger partial charge in [-0.2, -0.15) is 13.2 Å². The van der Waals surface area contributed by atoms with E-state index in [1.165, 1.54) is 6.33 Å². The van der Waals surface area contributed by atoms with E-state index in [9.17, 15) is 22.4 Å². The van der Waals surface area contributed by atoms with Crippen molar-refractivity contribution in [3.63, 3.8) is 0 Å². The summed E-state index contributed by atoms with van der Waals surface area (Å²) in [5.41, 5.74) is 0.667. The topological polar surface area (TPSA) is 80.1 Å². The zero-order valence-electron chi connectivity index (χ0n) is 15.4. The molecule has 2 radical (unpaired) electrons. The molecule has 156 valence electrons. The van der Waals surface area contributed by atoms with Crippen LogP contribution in [0, 0.1) is 5.82 Å². The number of carbonyl (C=O) groups is 1. The second-order valence-corrected chi connectivity index (χ2v) is 7.26. The quantitative estimate of drug-likeness (QED) is 0.328. The molecule has 0 saturated carbocycles. The standard InChI is InChI=1S/C20H11AsF4N4O2/c21-17-16-13(8-31-18(16)27-9-26-17)10-1-4-12(5-2-10)28-19(30)29-15-7-11(20(23,24)25)3-6-14(15)22/h1-9H,(H2,28,29,30). The first kappa shape index (κ1) is 20.9. The van der Waals surface area contributed by atoms with E-state index in [1.54, 1.807) is 30.5 Å². The summed E-state index contributed by atoms with van der Waals surface area (Å²) < 4.78 is 58.3. The van der Waals surface area contributed by atoms with Crippen LogP contribution in [0.25, 0.3) is 22.2 Å². The van der Waals surface area contributed by atoms with Gasteiger partial charge in [0.2, 0.25) is 0 Å². The fraction of sp³-hybridized carbons (Fsp3) is 0.0500. The molecule has 31 heavy (non-hydrogen) atoms. The van der Waals surface area contributed by atoms with Gasteiger partial charge >= 0.3 is 146 Å². The molecule has 4 rings (SSSR count). The average molecular weight is 490 g/mol. The van der Waals surface area contributed by atoms with Gasteiger partial charge in [-0.3, -0.25) is 0 Å². The molecule has 2 amide bonds. The molecule has 2 N–H and O–H groups in total. The van der Waals surface area contributed by atoms with Crippen molar-refractivity contribution in [3.8, 4) is 11.1 Å². The summed E-state index contributed by atoms with van der Waals surface area (Å²) in [7, 11) is 0. The van der Waals surface area contributed by atoms with Gasteiger partial charge in [0, 0.05) is 0 Å². The second-order valence-electron chi connectivity index (χ2n) is 6.38. The molecule has 0 unspecified atom stereocenters. The molecule has 0 atom stereocenters. The smallest absolute Gasteiger partial charge is 0.205 e. The van der Waals surface area contributed by atoms with Crippen LogP contribution in [0.4, 0.5) is 33.7 Å². The number of nitrogens with one attached hydrogen (secondary N) is 2. The van der Waals surface area contributed by atoms with E-state index in [0.29, 0.717) is 34.1 Å². The normalized spacial score (nSPS) is 11.5. The molecule has 2 heterocycles. The van der Waals surface area contributed by atoms with Crippen LogP contribution in [-0.4, -0.2) is 32.9 Å². The average Bonchev–Trinajstić information content (AvgIpc) is 3.15. The molecule has 0 bridgehead atoms. The van der Waals surface area contributed by atoms with Crippen LogP contribution in [0.1, 0.15) is 5.56 Å². The summed E-state index contributed by atoms with van der Waals surface area (Å²) in [6.07, 6.45) is -1.72. The van der Waals surface area contributed by atoms with Crippen LogP contribution < -0.4 is 15.1 Å². The SMILES string of the molecule is O=C(Nc1ccc(-c2coc3ncnc([As])c23)cc1)Nc1cc(C(F)(F)F)ccc1F. The Hall–Kier alpha value is -3.39. The minimum atomic E-state index is -4.66. The summed E-state index contributed by atoms with van der Waals surface area (Å²) >= 11 is 2.34. The Balaban J connectivity index is 1.50. The van der Waals surface area contributed by atoms with Gasteiger partial charge < -0.3 is 0 Å². The van der Waals surface area contributed by atoms with E-state index in [0.717, 1.165) is 16.5 Å². The molecular weight excluding hydrogens is 479 g/mol. The Morgan fingerprint density at radius 3 is 2.48 bits per heavy atom. The van der Waals surface area contributed by atoms with E-state index in [1.807, 2.05) is 0 Å². The van der Waals surface area contributed by atoms with Crippen LogP contribution in [0.3, 0.4) is 0 Å². The number of fused-ring (bicyclic) bond motifs is 1. The van der Waals surface area contributed by atoms with Crippen LogP contribution >= 0.6 is 0 Å². The van der Waals surface area contributed by atoms with Crippen molar-refractivity contribution in [2.24, 2.45) is 0 Å². The molecule has 0 aliphatic heterocycles. The number of urea groups is 1. The van der Waals surface area contributed by atoms with E-state index in [4.69, 9.17) is 4.42 Å². The summed E-state index contributed by atoms with van der Waals surface area (Å²) in [6, 6.07) is 7.49. The number of aromatic nitrogens is 2. The van der Waals surface area contributed by atoms with Gasteiger partial charge in [-0.1, -0.05) is 0 Å².